The Kier molecular flexibility index (Phi) is 4.96. The van der Waals surface area contributed by atoms with E-state index in [1.54, 1.807) is 7.05 Å². The van der Waals surface area contributed by atoms with E-state index in [2.05, 4.69) is 5.32 Å². The van der Waals surface area contributed by atoms with Crippen molar-refractivity contribution >= 4 is 16.8 Å². The van der Waals surface area contributed by atoms with E-state index in [9.17, 15) is 23.1 Å². The minimum atomic E-state index is -4.43. The Morgan fingerprint density at radius 1 is 1.39 bits per heavy atom. The topological polar surface area (TPSA) is 63.5 Å². The number of aliphatic hydroxyl groups is 1. The fourth-order valence-corrected chi connectivity index (χ4v) is 2.30. The van der Waals surface area contributed by atoms with Gasteiger partial charge in [0.1, 0.15) is 5.69 Å². The molecule has 1 aromatic heterocycles. The number of ether oxygens (including phenoxy) is 1. The molecule has 0 bridgehead atoms. The quantitative estimate of drug-likeness (QED) is 0.881. The molecule has 0 aliphatic carbocycles. The number of aromatic nitrogens is 1. The molecule has 5 nitrogen and oxygen atoms in total. The number of fused-ring (bicyclic) bond motifs is 1. The molecule has 1 amide bonds. The summed E-state index contributed by atoms with van der Waals surface area (Å²) < 4.78 is 44.5. The fourth-order valence-electron chi connectivity index (χ4n) is 2.30. The highest BCUT2D eigenvalue weighted by Gasteiger charge is 2.30. The Balaban J connectivity index is 2.24. The maximum absolute atomic E-state index is 12.7. The Hall–Kier alpha value is -2.06. The number of aryl methyl sites for hydroxylation is 1. The Bertz CT molecular complexity index is 710. The van der Waals surface area contributed by atoms with E-state index in [-0.39, 0.29) is 18.8 Å². The summed E-state index contributed by atoms with van der Waals surface area (Å²) in [6, 6.07) is 4.70. The van der Waals surface area contributed by atoms with Gasteiger partial charge in [-0.05, 0) is 24.3 Å². The van der Waals surface area contributed by atoms with Crippen LogP contribution in [0.3, 0.4) is 0 Å². The van der Waals surface area contributed by atoms with Gasteiger partial charge in [-0.3, -0.25) is 4.79 Å². The number of hydrogen-bond acceptors (Lipinski definition) is 3. The number of alkyl halides is 3. The molecule has 0 saturated heterocycles. The summed E-state index contributed by atoms with van der Waals surface area (Å²) >= 11 is 0. The van der Waals surface area contributed by atoms with Crippen molar-refractivity contribution in [3.63, 3.8) is 0 Å². The van der Waals surface area contributed by atoms with E-state index in [1.807, 2.05) is 0 Å². The summed E-state index contributed by atoms with van der Waals surface area (Å²) in [5.74, 6) is -0.479. The molecular weight excluding hydrogens is 313 g/mol. The van der Waals surface area contributed by atoms with Crippen LogP contribution in [0.2, 0.25) is 0 Å². The largest absolute Gasteiger partial charge is 0.416 e. The van der Waals surface area contributed by atoms with Crippen LogP contribution in [0, 0.1) is 0 Å². The van der Waals surface area contributed by atoms with Gasteiger partial charge in [0, 0.05) is 31.6 Å². The molecule has 0 fully saturated rings. The summed E-state index contributed by atoms with van der Waals surface area (Å²) in [4.78, 5) is 12.1. The maximum atomic E-state index is 12.7. The van der Waals surface area contributed by atoms with Gasteiger partial charge in [-0.15, -0.1) is 0 Å². The normalized spacial score (nSPS) is 13.3. The van der Waals surface area contributed by atoms with Gasteiger partial charge in [-0.1, -0.05) is 0 Å². The second kappa shape index (κ2) is 6.59. The third-order valence-electron chi connectivity index (χ3n) is 3.46. The smallest absolute Gasteiger partial charge is 0.389 e. The van der Waals surface area contributed by atoms with Crippen molar-refractivity contribution in [1.29, 1.82) is 0 Å². The zero-order valence-corrected chi connectivity index (χ0v) is 12.6. The molecule has 0 aliphatic rings. The van der Waals surface area contributed by atoms with Gasteiger partial charge in [0.15, 0.2) is 0 Å². The highest BCUT2D eigenvalue weighted by molar-refractivity contribution is 5.98. The van der Waals surface area contributed by atoms with Gasteiger partial charge in [0.05, 0.1) is 18.3 Å². The van der Waals surface area contributed by atoms with E-state index < -0.39 is 23.8 Å². The summed E-state index contributed by atoms with van der Waals surface area (Å²) in [6.07, 6.45) is -5.29. The molecule has 2 N–H and O–H groups in total. The summed E-state index contributed by atoms with van der Waals surface area (Å²) in [6.45, 7) is 0.0618. The summed E-state index contributed by atoms with van der Waals surface area (Å²) in [7, 11) is 3.02. The molecule has 0 aliphatic heterocycles. The van der Waals surface area contributed by atoms with Gasteiger partial charge in [-0.25, -0.2) is 0 Å². The SMILES string of the molecule is COCC(O)CNC(=O)c1cc2cc(C(F)(F)F)ccc2n1C. The number of hydrogen-bond donors (Lipinski definition) is 2. The summed E-state index contributed by atoms with van der Waals surface area (Å²) in [5, 5.41) is 12.4. The first-order chi connectivity index (χ1) is 10.7. The molecule has 1 heterocycles. The van der Waals surface area contributed by atoms with Crippen molar-refractivity contribution < 1.29 is 27.8 Å². The van der Waals surface area contributed by atoms with Gasteiger partial charge in [0.25, 0.3) is 5.91 Å². The standard InChI is InChI=1S/C15H17F3N2O3/c1-20-12-4-3-10(15(16,17)18)5-9(12)6-13(20)14(22)19-7-11(21)8-23-2/h3-6,11,21H,7-8H2,1-2H3,(H,19,22). The van der Waals surface area contributed by atoms with Crippen LogP contribution in [0.5, 0.6) is 0 Å². The predicted molar refractivity (Wildman–Crippen MR) is 78.1 cm³/mol. The maximum Gasteiger partial charge on any atom is 0.416 e. The number of methoxy groups -OCH3 is 1. The Labute approximate surface area is 130 Å². The zero-order valence-electron chi connectivity index (χ0n) is 12.6. The van der Waals surface area contributed by atoms with Crippen molar-refractivity contribution in [2.45, 2.75) is 12.3 Å². The summed E-state index contributed by atoms with van der Waals surface area (Å²) in [5.41, 5.74) is -0.0393. The van der Waals surface area contributed by atoms with Gasteiger partial charge in [-0.2, -0.15) is 13.2 Å². The average molecular weight is 330 g/mol. The number of carbonyl (C=O) groups excluding carboxylic acids is 1. The number of carbonyl (C=O) groups is 1. The minimum absolute atomic E-state index is 0.0119. The molecule has 1 unspecified atom stereocenters. The van der Waals surface area contributed by atoms with E-state index in [0.717, 1.165) is 12.1 Å². The molecule has 0 spiro atoms. The van der Waals surface area contributed by atoms with Crippen LogP contribution in [0.1, 0.15) is 16.1 Å². The molecule has 126 valence electrons. The molecule has 2 aromatic rings. The van der Waals surface area contributed by atoms with Crippen LogP contribution in [0.25, 0.3) is 10.9 Å². The van der Waals surface area contributed by atoms with E-state index in [4.69, 9.17) is 4.74 Å². The van der Waals surface area contributed by atoms with Crippen LogP contribution in [0.15, 0.2) is 24.3 Å². The monoisotopic (exact) mass is 330 g/mol. The lowest BCUT2D eigenvalue weighted by atomic mass is 10.1. The van der Waals surface area contributed by atoms with Crippen LogP contribution in [-0.4, -0.2) is 41.9 Å². The van der Waals surface area contributed by atoms with Crippen LogP contribution < -0.4 is 5.32 Å². The molecule has 1 aromatic carbocycles. The fraction of sp³-hybridized carbons (Fsp3) is 0.400. The molecule has 0 radical (unpaired) electrons. The molecule has 1 atom stereocenters. The van der Waals surface area contributed by atoms with E-state index in [0.29, 0.717) is 10.9 Å². The number of aliphatic hydroxyl groups excluding tert-OH is 1. The minimum Gasteiger partial charge on any atom is -0.389 e. The lowest BCUT2D eigenvalue weighted by molar-refractivity contribution is -0.137. The second-order valence-corrected chi connectivity index (χ2v) is 5.18. The van der Waals surface area contributed by atoms with Crippen molar-refractivity contribution in [1.82, 2.24) is 9.88 Å². The number of amides is 1. The lowest BCUT2D eigenvalue weighted by Crippen LogP contribution is -2.35. The van der Waals surface area contributed by atoms with Gasteiger partial charge in [0.2, 0.25) is 0 Å². The van der Waals surface area contributed by atoms with Crippen molar-refractivity contribution in [2.24, 2.45) is 7.05 Å². The van der Waals surface area contributed by atoms with Crippen LogP contribution in [-0.2, 0) is 18.0 Å². The van der Waals surface area contributed by atoms with Crippen LogP contribution >= 0.6 is 0 Å². The molecule has 0 saturated carbocycles. The molecule has 8 heteroatoms. The molecule has 2 rings (SSSR count). The van der Waals surface area contributed by atoms with Gasteiger partial charge < -0.3 is 19.7 Å². The lowest BCUT2D eigenvalue weighted by Gasteiger charge is -2.11. The third kappa shape index (κ3) is 3.83. The number of rotatable bonds is 5. The number of halogens is 3. The van der Waals surface area contributed by atoms with E-state index in [1.165, 1.54) is 23.8 Å². The number of nitrogens with zero attached hydrogens (tertiary/aromatic N) is 1. The van der Waals surface area contributed by atoms with Crippen molar-refractivity contribution in [3.8, 4) is 0 Å². The first-order valence-electron chi connectivity index (χ1n) is 6.86. The number of benzene rings is 1. The van der Waals surface area contributed by atoms with Crippen molar-refractivity contribution in [3.05, 3.63) is 35.5 Å². The molecular formula is C15H17F3N2O3. The highest BCUT2D eigenvalue weighted by atomic mass is 19.4. The Morgan fingerprint density at radius 2 is 2.09 bits per heavy atom. The van der Waals surface area contributed by atoms with Gasteiger partial charge >= 0.3 is 6.18 Å². The zero-order chi connectivity index (χ0) is 17.2. The molecule has 23 heavy (non-hydrogen) atoms. The first kappa shape index (κ1) is 17.3. The average Bonchev–Trinajstić information content (AvgIpc) is 2.81. The number of nitrogens with one attached hydrogen (secondary N) is 1. The van der Waals surface area contributed by atoms with E-state index >= 15 is 0 Å². The Morgan fingerprint density at radius 3 is 2.70 bits per heavy atom. The van der Waals surface area contributed by atoms with Crippen molar-refractivity contribution in [2.75, 3.05) is 20.3 Å². The van der Waals surface area contributed by atoms with Crippen LogP contribution in [0.4, 0.5) is 13.2 Å². The highest BCUT2D eigenvalue weighted by Crippen LogP contribution is 2.32. The first-order valence-corrected chi connectivity index (χ1v) is 6.86. The predicted octanol–water partition coefficient (Wildman–Crippen LogP) is 1.93. The third-order valence-corrected chi connectivity index (χ3v) is 3.46. The second-order valence-electron chi connectivity index (χ2n) is 5.18.